The van der Waals surface area contributed by atoms with Crippen molar-refractivity contribution in [3.8, 4) is 12.1 Å². The van der Waals surface area contributed by atoms with E-state index in [1.54, 1.807) is 4.90 Å². The molecule has 1 N–H and O–H groups in total. The Balaban J connectivity index is 1.60. The summed E-state index contributed by atoms with van der Waals surface area (Å²) in [5.74, 6) is 0.619. The quantitative estimate of drug-likeness (QED) is 0.640. The van der Waals surface area contributed by atoms with E-state index in [9.17, 15) is 20.0 Å². The molecule has 0 radical (unpaired) electrons. The number of hydrogen-bond donors (Lipinski definition) is 1. The Bertz CT molecular complexity index is 1040. The van der Waals surface area contributed by atoms with E-state index in [1.165, 1.54) is 4.90 Å². The minimum Gasteiger partial charge on any atom is -0.465 e. The van der Waals surface area contributed by atoms with Gasteiger partial charge in [-0.1, -0.05) is 0 Å². The number of likely N-dealkylation sites (tertiary alicyclic amines) is 1. The van der Waals surface area contributed by atoms with Crippen LogP contribution >= 0.6 is 0 Å². The van der Waals surface area contributed by atoms with Crippen molar-refractivity contribution in [2.45, 2.75) is 70.8 Å². The number of nitriles is 1. The van der Waals surface area contributed by atoms with E-state index in [2.05, 4.69) is 23.0 Å². The zero-order chi connectivity index (χ0) is 26.0. The second-order valence-electron chi connectivity index (χ2n) is 10.6. The van der Waals surface area contributed by atoms with Crippen LogP contribution in [-0.2, 0) is 17.8 Å². The molecule has 36 heavy (non-hydrogen) atoms. The maximum atomic E-state index is 12.8. The summed E-state index contributed by atoms with van der Waals surface area (Å²) in [5.41, 5.74) is 0.864. The highest BCUT2D eigenvalue weighted by molar-refractivity contribution is 5.70. The van der Waals surface area contributed by atoms with Gasteiger partial charge in [0.25, 0.3) is 0 Å². The third kappa shape index (κ3) is 5.73. The molecule has 2 atom stereocenters. The maximum Gasteiger partial charge on any atom is 0.410 e. The number of aromatic nitrogens is 2. The number of nitrogens with zero attached hydrogens (tertiary/aromatic N) is 7. The van der Waals surface area contributed by atoms with Crippen LogP contribution in [0.1, 0.15) is 51.3 Å². The lowest BCUT2D eigenvalue weighted by molar-refractivity contribution is 0.0240. The Hall–Kier alpha value is -3.33. The molecule has 3 aliphatic rings. The number of carbonyl (C=O) groups excluding carboxylic acids is 1. The molecule has 1 aromatic heterocycles. The van der Waals surface area contributed by atoms with Crippen LogP contribution in [0.25, 0.3) is 0 Å². The summed E-state index contributed by atoms with van der Waals surface area (Å²) in [5, 5.41) is 18.8. The highest BCUT2D eigenvalue weighted by atomic mass is 16.6. The van der Waals surface area contributed by atoms with E-state index in [4.69, 9.17) is 14.5 Å². The Labute approximate surface area is 211 Å². The Kier molecular flexibility index (Phi) is 7.40. The van der Waals surface area contributed by atoms with Gasteiger partial charge < -0.3 is 29.3 Å². The topological polar surface area (TPSA) is 135 Å². The number of rotatable bonds is 5. The maximum absolute atomic E-state index is 12.8. The van der Waals surface area contributed by atoms with Crippen molar-refractivity contribution in [2.24, 2.45) is 0 Å². The van der Waals surface area contributed by atoms with Gasteiger partial charge in [-0.05, 0) is 47.2 Å². The first-order valence-electron chi connectivity index (χ1n) is 12.4. The largest absolute Gasteiger partial charge is 0.465 e. The fraction of sp³-hybridized carbons (Fsp3) is 0.708. The summed E-state index contributed by atoms with van der Waals surface area (Å²) in [6, 6.07) is 2.15. The lowest BCUT2D eigenvalue weighted by Gasteiger charge is -2.40. The van der Waals surface area contributed by atoms with Gasteiger partial charge >= 0.3 is 18.2 Å². The third-order valence-electron chi connectivity index (χ3n) is 6.82. The molecule has 4 heterocycles. The molecule has 4 rings (SSSR count). The molecule has 3 aliphatic heterocycles. The molecule has 12 heteroatoms. The molecule has 0 saturated carbocycles. The Morgan fingerprint density at radius 3 is 2.58 bits per heavy atom. The first kappa shape index (κ1) is 25.8. The molecular weight excluding hydrogens is 466 g/mol. The highest BCUT2D eigenvalue weighted by Gasteiger charge is 2.36. The normalized spacial score (nSPS) is 22.4. The predicted molar refractivity (Wildman–Crippen MR) is 130 cm³/mol. The number of anilines is 1. The van der Waals surface area contributed by atoms with Crippen LogP contribution in [-0.4, -0.2) is 99.5 Å². The minimum absolute atomic E-state index is 0.0808. The predicted octanol–water partition coefficient (Wildman–Crippen LogP) is 2.28. The molecule has 0 spiro atoms. The van der Waals surface area contributed by atoms with Crippen molar-refractivity contribution < 1.29 is 24.2 Å². The average molecular weight is 502 g/mol. The summed E-state index contributed by atoms with van der Waals surface area (Å²) in [7, 11) is 2.08. The van der Waals surface area contributed by atoms with Crippen LogP contribution < -0.4 is 9.64 Å². The summed E-state index contributed by atoms with van der Waals surface area (Å²) in [4.78, 5) is 41.0. The second-order valence-corrected chi connectivity index (χ2v) is 10.6. The van der Waals surface area contributed by atoms with Crippen molar-refractivity contribution in [1.82, 2.24) is 24.7 Å². The number of ether oxygens (including phenoxy) is 2. The van der Waals surface area contributed by atoms with Crippen LogP contribution in [0.5, 0.6) is 6.01 Å². The zero-order valence-electron chi connectivity index (χ0n) is 21.4. The second kappa shape index (κ2) is 10.3. The number of likely N-dealkylation sites (N-methyl/N-ethyl adjacent to an activating group) is 1. The van der Waals surface area contributed by atoms with Crippen LogP contribution in [0.4, 0.5) is 15.4 Å². The molecule has 0 unspecified atom stereocenters. The lowest BCUT2D eigenvalue weighted by atomic mass is 10.1. The Morgan fingerprint density at radius 1 is 1.17 bits per heavy atom. The fourth-order valence-corrected chi connectivity index (χ4v) is 4.94. The molecule has 2 saturated heterocycles. The standard InChI is InChI=1S/C24H35N7O5/c1-24(2,3)36-23(34)30-13-18-19(14-30)26-21(35-15-17-6-5-9-28(17)4)27-20(18)29-10-11-31(22(32)33)16(12-29)7-8-25/h16-17H,5-7,9-15H2,1-4H3,(H,32,33)/t16-,17-/m0/s1. The number of carbonyl (C=O) groups is 2. The monoisotopic (exact) mass is 501 g/mol. The van der Waals surface area contributed by atoms with Crippen molar-refractivity contribution >= 4 is 18.0 Å². The molecule has 1 aromatic rings. The van der Waals surface area contributed by atoms with E-state index in [-0.39, 0.29) is 32.1 Å². The molecular formula is C24H35N7O5. The highest BCUT2D eigenvalue weighted by Crippen LogP contribution is 2.33. The van der Waals surface area contributed by atoms with Crippen LogP contribution in [0.2, 0.25) is 0 Å². The molecule has 0 aromatic carbocycles. The summed E-state index contributed by atoms with van der Waals surface area (Å²) >= 11 is 0. The van der Waals surface area contributed by atoms with E-state index in [1.807, 2.05) is 25.7 Å². The lowest BCUT2D eigenvalue weighted by Crippen LogP contribution is -2.55. The van der Waals surface area contributed by atoms with Crippen molar-refractivity contribution in [3.05, 3.63) is 11.3 Å². The first-order valence-corrected chi connectivity index (χ1v) is 12.4. The fourth-order valence-electron chi connectivity index (χ4n) is 4.94. The molecule has 0 aliphatic carbocycles. The van der Waals surface area contributed by atoms with Gasteiger partial charge in [0, 0.05) is 31.2 Å². The van der Waals surface area contributed by atoms with E-state index in [0.717, 1.165) is 24.9 Å². The van der Waals surface area contributed by atoms with Crippen molar-refractivity contribution in [3.63, 3.8) is 0 Å². The number of fused-ring (bicyclic) bond motifs is 1. The molecule has 0 bridgehead atoms. The number of carboxylic acid groups (broad SMARTS) is 1. The third-order valence-corrected chi connectivity index (χ3v) is 6.82. The van der Waals surface area contributed by atoms with Crippen molar-refractivity contribution in [2.75, 3.05) is 44.7 Å². The van der Waals surface area contributed by atoms with Crippen molar-refractivity contribution in [1.29, 1.82) is 5.26 Å². The van der Waals surface area contributed by atoms with Gasteiger partial charge in [0.05, 0.1) is 37.3 Å². The van der Waals surface area contributed by atoms with Crippen LogP contribution in [0.15, 0.2) is 0 Å². The number of amides is 2. The summed E-state index contributed by atoms with van der Waals surface area (Å²) < 4.78 is 11.6. The molecule has 2 fully saturated rings. The van der Waals surface area contributed by atoms with Gasteiger partial charge in [0.2, 0.25) is 0 Å². The summed E-state index contributed by atoms with van der Waals surface area (Å²) in [6.07, 6.45) is 0.786. The average Bonchev–Trinajstić information content (AvgIpc) is 3.42. The Morgan fingerprint density at radius 2 is 1.94 bits per heavy atom. The minimum atomic E-state index is -1.04. The van der Waals surface area contributed by atoms with Gasteiger partial charge in [0.1, 0.15) is 18.0 Å². The molecule has 12 nitrogen and oxygen atoms in total. The molecule has 2 amide bonds. The smallest absolute Gasteiger partial charge is 0.410 e. The van der Waals surface area contributed by atoms with E-state index < -0.39 is 23.8 Å². The van der Waals surface area contributed by atoms with Crippen LogP contribution in [0.3, 0.4) is 0 Å². The van der Waals surface area contributed by atoms with Gasteiger partial charge in [-0.15, -0.1) is 0 Å². The van der Waals surface area contributed by atoms with Gasteiger partial charge in [0.15, 0.2) is 0 Å². The number of piperazine rings is 1. The number of hydrogen-bond acceptors (Lipinski definition) is 9. The summed E-state index contributed by atoms with van der Waals surface area (Å²) in [6.45, 7) is 8.50. The van der Waals surface area contributed by atoms with E-state index >= 15 is 0 Å². The van der Waals surface area contributed by atoms with Gasteiger partial charge in [-0.2, -0.15) is 15.2 Å². The van der Waals surface area contributed by atoms with E-state index in [0.29, 0.717) is 37.3 Å². The SMILES string of the molecule is CN1CCC[C@H]1COc1nc2c(c(N3CCN(C(=O)O)[C@@H](CC#N)C3)n1)CN(C(=O)OC(C)(C)C)C2. The molecule has 196 valence electrons. The van der Waals surface area contributed by atoms with Crippen LogP contribution in [0, 0.1) is 11.3 Å². The van der Waals surface area contributed by atoms with Gasteiger partial charge in [-0.25, -0.2) is 9.59 Å². The van der Waals surface area contributed by atoms with Gasteiger partial charge in [-0.3, -0.25) is 4.90 Å². The zero-order valence-corrected chi connectivity index (χ0v) is 21.4. The first-order chi connectivity index (χ1) is 17.1.